The zero-order valence-corrected chi connectivity index (χ0v) is 8.17. The second kappa shape index (κ2) is 4.45. The number of aromatic nitrogens is 1. The molecule has 1 aromatic rings. The van der Waals surface area contributed by atoms with Gasteiger partial charge in [-0.05, 0) is 5.56 Å². The third kappa shape index (κ3) is 3.21. The van der Waals surface area contributed by atoms with Gasteiger partial charge in [-0.3, -0.25) is 9.78 Å². The Morgan fingerprint density at radius 2 is 2.12 bits per heavy atom. The molecule has 1 aromatic heterocycles. The molecule has 0 aromatic carbocycles. The van der Waals surface area contributed by atoms with E-state index in [-0.39, 0.29) is 5.56 Å². The second-order valence-corrected chi connectivity index (χ2v) is 2.92. The molecule has 0 aliphatic rings. The Hall–Kier alpha value is -2.03. The SMILES string of the molecule is NCc1cc(OC(F)(F)F)[nH]c(=O)c1C(=O)O. The summed E-state index contributed by atoms with van der Waals surface area (Å²) in [5.74, 6) is -2.49. The van der Waals surface area contributed by atoms with Crippen LogP contribution in [0.2, 0.25) is 0 Å². The minimum atomic E-state index is -4.99. The van der Waals surface area contributed by atoms with Crippen LogP contribution < -0.4 is 16.0 Å². The molecule has 94 valence electrons. The summed E-state index contributed by atoms with van der Waals surface area (Å²) in [5.41, 5.74) is 2.97. The minimum absolute atomic E-state index is 0.250. The van der Waals surface area contributed by atoms with Crippen LogP contribution in [0.15, 0.2) is 10.9 Å². The van der Waals surface area contributed by atoms with Crippen LogP contribution in [0.4, 0.5) is 13.2 Å². The molecule has 1 rings (SSSR count). The summed E-state index contributed by atoms with van der Waals surface area (Å²) in [5, 5.41) is 8.66. The van der Waals surface area contributed by atoms with Gasteiger partial charge in [-0.2, -0.15) is 0 Å². The first-order valence-electron chi connectivity index (χ1n) is 4.20. The van der Waals surface area contributed by atoms with E-state index in [9.17, 15) is 22.8 Å². The van der Waals surface area contributed by atoms with E-state index in [1.165, 1.54) is 0 Å². The molecule has 6 nitrogen and oxygen atoms in total. The smallest absolute Gasteiger partial charge is 0.477 e. The van der Waals surface area contributed by atoms with Crippen LogP contribution in [0.3, 0.4) is 0 Å². The summed E-state index contributed by atoms with van der Waals surface area (Å²) < 4.78 is 39.1. The summed E-state index contributed by atoms with van der Waals surface area (Å²) in [6.07, 6.45) is -4.99. The molecule has 0 saturated carbocycles. The third-order valence-corrected chi connectivity index (χ3v) is 1.75. The molecule has 0 fully saturated rings. The Morgan fingerprint density at radius 1 is 1.53 bits per heavy atom. The maximum atomic E-state index is 11.9. The highest BCUT2D eigenvalue weighted by Gasteiger charge is 2.32. The van der Waals surface area contributed by atoms with Crippen LogP contribution in [0, 0.1) is 0 Å². The molecular weight excluding hydrogens is 245 g/mol. The zero-order chi connectivity index (χ0) is 13.2. The molecular formula is C8H7F3N2O4. The predicted molar refractivity (Wildman–Crippen MR) is 48.6 cm³/mol. The lowest BCUT2D eigenvalue weighted by Crippen LogP contribution is -2.25. The van der Waals surface area contributed by atoms with Crippen molar-refractivity contribution in [2.75, 3.05) is 0 Å². The number of hydrogen-bond acceptors (Lipinski definition) is 4. The maximum Gasteiger partial charge on any atom is 0.574 e. The van der Waals surface area contributed by atoms with Crippen molar-refractivity contribution in [3.63, 3.8) is 0 Å². The van der Waals surface area contributed by atoms with Crippen LogP contribution in [0.1, 0.15) is 15.9 Å². The van der Waals surface area contributed by atoms with Crippen molar-refractivity contribution in [1.29, 1.82) is 0 Å². The van der Waals surface area contributed by atoms with E-state index in [1.54, 1.807) is 4.98 Å². The van der Waals surface area contributed by atoms with Gasteiger partial charge < -0.3 is 15.6 Å². The number of pyridine rings is 1. The standard InChI is InChI=1S/C8H7F3N2O4/c9-8(10,11)17-4-1-3(2-12)5(7(15)16)6(14)13-4/h1H,2,12H2,(H,13,14)(H,15,16). The Kier molecular flexibility index (Phi) is 3.42. The molecule has 0 aliphatic heterocycles. The second-order valence-electron chi connectivity index (χ2n) is 2.92. The minimum Gasteiger partial charge on any atom is -0.477 e. The van der Waals surface area contributed by atoms with Crippen LogP contribution in [-0.2, 0) is 6.54 Å². The molecule has 0 bridgehead atoms. The maximum absolute atomic E-state index is 11.9. The molecule has 0 amide bonds. The highest BCUT2D eigenvalue weighted by Crippen LogP contribution is 2.21. The highest BCUT2D eigenvalue weighted by molar-refractivity contribution is 5.89. The number of carboxylic acids is 1. The van der Waals surface area contributed by atoms with Crippen LogP contribution in [-0.4, -0.2) is 22.4 Å². The number of ether oxygens (including phenoxy) is 1. The summed E-state index contributed by atoms with van der Waals surface area (Å²) in [6, 6.07) is 0.721. The molecule has 0 saturated heterocycles. The van der Waals surface area contributed by atoms with Gasteiger partial charge in [0, 0.05) is 12.6 Å². The van der Waals surface area contributed by atoms with Gasteiger partial charge >= 0.3 is 12.3 Å². The Balaban J connectivity index is 3.28. The average molecular weight is 252 g/mol. The molecule has 0 spiro atoms. The van der Waals surface area contributed by atoms with Crippen LogP contribution in [0.5, 0.6) is 5.88 Å². The fourth-order valence-electron chi connectivity index (χ4n) is 1.16. The number of nitrogens with one attached hydrogen (secondary N) is 1. The van der Waals surface area contributed by atoms with Gasteiger partial charge in [0.05, 0.1) is 0 Å². The van der Waals surface area contributed by atoms with Crippen molar-refractivity contribution in [3.05, 3.63) is 27.5 Å². The number of carboxylic acid groups (broad SMARTS) is 1. The largest absolute Gasteiger partial charge is 0.574 e. The van der Waals surface area contributed by atoms with Crippen molar-refractivity contribution < 1.29 is 27.8 Å². The van der Waals surface area contributed by atoms with Crippen molar-refractivity contribution in [2.24, 2.45) is 5.73 Å². The number of rotatable bonds is 3. The lowest BCUT2D eigenvalue weighted by atomic mass is 10.1. The third-order valence-electron chi connectivity index (χ3n) is 1.75. The number of aromatic carboxylic acids is 1. The zero-order valence-electron chi connectivity index (χ0n) is 8.17. The summed E-state index contributed by atoms with van der Waals surface area (Å²) >= 11 is 0. The molecule has 0 radical (unpaired) electrons. The van der Waals surface area contributed by atoms with E-state index in [0.29, 0.717) is 0 Å². The summed E-state index contributed by atoms with van der Waals surface area (Å²) in [4.78, 5) is 23.5. The van der Waals surface area contributed by atoms with Crippen molar-refractivity contribution in [1.82, 2.24) is 4.98 Å². The predicted octanol–water partition coefficient (Wildman–Crippen LogP) is 0.430. The van der Waals surface area contributed by atoms with Gasteiger partial charge in [0.2, 0.25) is 5.88 Å². The van der Waals surface area contributed by atoms with Gasteiger partial charge in [0.1, 0.15) is 5.56 Å². The van der Waals surface area contributed by atoms with E-state index in [4.69, 9.17) is 10.8 Å². The van der Waals surface area contributed by atoms with E-state index in [1.807, 2.05) is 0 Å². The monoisotopic (exact) mass is 252 g/mol. The fourth-order valence-corrected chi connectivity index (χ4v) is 1.16. The first-order valence-corrected chi connectivity index (χ1v) is 4.20. The van der Waals surface area contributed by atoms with Crippen LogP contribution >= 0.6 is 0 Å². The fraction of sp³-hybridized carbons (Fsp3) is 0.250. The summed E-state index contributed by atoms with van der Waals surface area (Å²) in [7, 11) is 0. The van der Waals surface area contributed by atoms with E-state index in [2.05, 4.69) is 4.74 Å². The molecule has 1 heterocycles. The van der Waals surface area contributed by atoms with Crippen molar-refractivity contribution >= 4 is 5.97 Å². The summed E-state index contributed by atoms with van der Waals surface area (Å²) in [6.45, 7) is -0.403. The van der Waals surface area contributed by atoms with E-state index in [0.717, 1.165) is 6.07 Å². The van der Waals surface area contributed by atoms with E-state index < -0.39 is 35.9 Å². The molecule has 4 N–H and O–H groups in total. The Bertz CT molecular complexity index is 495. The first kappa shape index (κ1) is 13.0. The van der Waals surface area contributed by atoms with Crippen molar-refractivity contribution in [2.45, 2.75) is 12.9 Å². The van der Waals surface area contributed by atoms with Gasteiger partial charge in [0.25, 0.3) is 5.56 Å². The number of carbonyl (C=O) groups is 1. The number of alkyl halides is 3. The number of halogens is 3. The van der Waals surface area contributed by atoms with Crippen LogP contribution in [0.25, 0.3) is 0 Å². The quantitative estimate of drug-likeness (QED) is 0.723. The highest BCUT2D eigenvalue weighted by atomic mass is 19.4. The van der Waals surface area contributed by atoms with Gasteiger partial charge in [-0.1, -0.05) is 0 Å². The van der Waals surface area contributed by atoms with Gasteiger partial charge in [0.15, 0.2) is 0 Å². The molecule has 9 heteroatoms. The Morgan fingerprint density at radius 3 is 2.53 bits per heavy atom. The lowest BCUT2D eigenvalue weighted by molar-refractivity contribution is -0.276. The van der Waals surface area contributed by atoms with Gasteiger partial charge in [-0.15, -0.1) is 13.2 Å². The van der Waals surface area contributed by atoms with E-state index >= 15 is 0 Å². The topological polar surface area (TPSA) is 105 Å². The first-order chi connectivity index (χ1) is 7.74. The van der Waals surface area contributed by atoms with Gasteiger partial charge in [-0.25, -0.2) is 4.79 Å². The average Bonchev–Trinajstić information content (AvgIpc) is 2.12. The number of H-pyrrole nitrogens is 1. The molecule has 0 aliphatic carbocycles. The normalized spacial score (nSPS) is 11.3. The van der Waals surface area contributed by atoms with Crippen molar-refractivity contribution in [3.8, 4) is 5.88 Å². The molecule has 0 atom stereocenters. The number of aromatic amines is 1. The lowest BCUT2D eigenvalue weighted by Gasteiger charge is -2.10. The Labute approximate surface area is 91.8 Å². The molecule has 0 unspecified atom stereocenters. The number of hydrogen-bond donors (Lipinski definition) is 3. The number of nitrogens with two attached hydrogens (primary N) is 1. The molecule has 17 heavy (non-hydrogen) atoms.